The molecule has 9 nitrogen and oxygen atoms in total. The molecule has 0 spiro atoms. The summed E-state index contributed by atoms with van der Waals surface area (Å²) < 4.78 is 12.7. The molecule has 5 N–H and O–H groups in total. The van der Waals surface area contributed by atoms with E-state index in [4.69, 9.17) is 14.6 Å². The van der Waals surface area contributed by atoms with Crippen molar-refractivity contribution >= 4 is 11.8 Å². The third-order valence-corrected chi connectivity index (χ3v) is 11.9. The molecule has 0 aromatic carbocycles. The number of carbonyl (C=O) groups is 2. The molecule has 2 aliphatic heterocycles. The molecule has 0 aromatic rings. The SMILES string of the molecule is CC(O)[C@]1(C)CCC([C@]2(C)CCC(C[C@H](O)[C@H](C)[C@H](O)[C@H](C)/C=C/C[C@@H](C)C[C@@H](C)/C(O)=C/C(=O)[C@@H](C)C[C@@H](C)C[C@H](C)CCC(=O)O)O2)O1. The Morgan fingerprint density at radius 3 is 2.06 bits per heavy atom. The zero-order valence-electron chi connectivity index (χ0n) is 32.8. The highest BCUT2D eigenvalue weighted by atomic mass is 16.6. The molecule has 2 rings (SSSR count). The molecule has 2 saturated heterocycles. The predicted octanol–water partition coefficient (Wildman–Crippen LogP) is 7.80. The molecule has 0 radical (unpaired) electrons. The molecular weight excluding hydrogens is 636 g/mol. The Kier molecular flexibility index (Phi) is 17.7. The molecule has 50 heavy (non-hydrogen) atoms. The third kappa shape index (κ3) is 13.6. The molecule has 3 unspecified atom stereocenters. The van der Waals surface area contributed by atoms with Gasteiger partial charge in [0, 0.05) is 36.2 Å². The second-order valence-corrected chi connectivity index (χ2v) is 17.1. The average molecular weight is 709 g/mol. The van der Waals surface area contributed by atoms with Crippen molar-refractivity contribution in [3.05, 3.63) is 24.0 Å². The summed E-state index contributed by atoms with van der Waals surface area (Å²) in [5.74, 6) is -0.810. The molecular formula is C41H72O9. The zero-order chi connectivity index (χ0) is 38.0. The second kappa shape index (κ2) is 19.9. The van der Waals surface area contributed by atoms with Crippen molar-refractivity contribution in [1.82, 2.24) is 0 Å². The van der Waals surface area contributed by atoms with Crippen molar-refractivity contribution in [1.29, 1.82) is 0 Å². The fraction of sp³-hybridized carbons (Fsp3) is 0.854. The molecule has 2 fully saturated rings. The van der Waals surface area contributed by atoms with Gasteiger partial charge < -0.3 is 35.0 Å². The smallest absolute Gasteiger partial charge is 0.303 e. The van der Waals surface area contributed by atoms with E-state index in [1.807, 2.05) is 40.7 Å². The largest absolute Gasteiger partial charge is 0.512 e. The van der Waals surface area contributed by atoms with E-state index in [1.54, 1.807) is 6.92 Å². The standard InChI is InChI=1S/C41H72O9/c1-25(21-29(5)34(43)24-35(44)30(6)22-27(3)20-26(2)14-15-38(46)47)12-11-13-28(4)39(48)31(7)36(45)23-33-16-18-41(10,49-33)37-17-19-40(9,50-37)32(8)42/h11,13,24-33,36-37,39,42-43,45,48H,12,14-23H2,1-10H3,(H,46,47)/b13-11+,34-24-/t25-,26-,27+,28-,29-,30+,31+,32?,33?,36+,37?,39-,40+,41+/m1/s1. The summed E-state index contributed by atoms with van der Waals surface area (Å²) in [6.45, 7) is 19.7. The Hall–Kier alpha value is -1.78. The summed E-state index contributed by atoms with van der Waals surface area (Å²) >= 11 is 0. The van der Waals surface area contributed by atoms with E-state index >= 15 is 0 Å². The normalized spacial score (nSPS) is 30.7. The highest BCUT2D eigenvalue weighted by molar-refractivity contribution is 5.91. The van der Waals surface area contributed by atoms with Crippen molar-refractivity contribution in [2.24, 2.45) is 41.4 Å². The third-order valence-electron chi connectivity index (χ3n) is 11.9. The van der Waals surface area contributed by atoms with Crippen molar-refractivity contribution in [2.45, 2.75) is 182 Å². The predicted molar refractivity (Wildman–Crippen MR) is 198 cm³/mol. The van der Waals surface area contributed by atoms with Gasteiger partial charge in [-0.3, -0.25) is 9.59 Å². The van der Waals surface area contributed by atoms with Crippen LogP contribution in [0.2, 0.25) is 0 Å². The van der Waals surface area contributed by atoms with Crippen LogP contribution in [0.4, 0.5) is 0 Å². The maximum atomic E-state index is 12.8. The number of carboxylic acid groups (broad SMARTS) is 1. The van der Waals surface area contributed by atoms with Crippen molar-refractivity contribution in [3.63, 3.8) is 0 Å². The van der Waals surface area contributed by atoms with Gasteiger partial charge in [-0.1, -0.05) is 60.6 Å². The fourth-order valence-corrected chi connectivity index (χ4v) is 8.02. The number of carboxylic acids is 1. The summed E-state index contributed by atoms with van der Waals surface area (Å²) in [6, 6.07) is 0. The number of aliphatic hydroxyl groups is 4. The molecule has 14 atom stereocenters. The van der Waals surface area contributed by atoms with Gasteiger partial charge >= 0.3 is 5.97 Å². The average Bonchev–Trinajstić information content (AvgIpc) is 3.63. The van der Waals surface area contributed by atoms with Gasteiger partial charge in [-0.2, -0.15) is 0 Å². The number of ether oxygens (including phenoxy) is 2. The Morgan fingerprint density at radius 1 is 0.820 bits per heavy atom. The summed E-state index contributed by atoms with van der Waals surface area (Å²) in [5.41, 5.74) is -1.01. The quantitative estimate of drug-likeness (QED) is 0.0431. The van der Waals surface area contributed by atoms with Crippen LogP contribution in [0.25, 0.3) is 0 Å². The maximum absolute atomic E-state index is 12.8. The number of aliphatic hydroxyl groups excluding tert-OH is 4. The molecule has 2 aliphatic rings. The minimum absolute atomic E-state index is 0.0809. The van der Waals surface area contributed by atoms with Crippen LogP contribution >= 0.6 is 0 Å². The van der Waals surface area contributed by atoms with E-state index in [1.165, 1.54) is 6.08 Å². The first-order valence-corrected chi connectivity index (χ1v) is 19.4. The Labute approximate surface area is 302 Å². The second-order valence-electron chi connectivity index (χ2n) is 17.1. The molecule has 2 heterocycles. The highest BCUT2D eigenvalue weighted by Gasteiger charge is 2.51. The fourth-order valence-electron chi connectivity index (χ4n) is 8.02. The molecule has 0 aliphatic carbocycles. The monoisotopic (exact) mass is 709 g/mol. The van der Waals surface area contributed by atoms with Gasteiger partial charge in [-0.25, -0.2) is 0 Å². The Bertz CT molecular complexity index is 1120. The van der Waals surface area contributed by atoms with Crippen molar-refractivity contribution < 1.29 is 44.6 Å². The van der Waals surface area contributed by atoms with Gasteiger partial charge in [0.25, 0.3) is 0 Å². The minimum Gasteiger partial charge on any atom is -0.512 e. The number of aliphatic carboxylic acids is 1. The van der Waals surface area contributed by atoms with E-state index in [0.29, 0.717) is 25.7 Å². The minimum atomic E-state index is -0.781. The van der Waals surface area contributed by atoms with Crippen LogP contribution in [0, 0.1) is 41.4 Å². The van der Waals surface area contributed by atoms with E-state index in [-0.39, 0.29) is 71.6 Å². The summed E-state index contributed by atoms with van der Waals surface area (Å²) in [4.78, 5) is 23.7. The van der Waals surface area contributed by atoms with E-state index in [9.17, 15) is 30.0 Å². The van der Waals surface area contributed by atoms with Gasteiger partial charge in [0.2, 0.25) is 0 Å². The van der Waals surface area contributed by atoms with Crippen molar-refractivity contribution in [2.75, 3.05) is 0 Å². The Morgan fingerprint density at radius 2 is 1.46 bits per heavy atom. The number of ketones is 1. The lowest BCUT2D eigenvalue weighted by molar-refractivity contribution is -0.172. The first-order valence-electron chi connectivity index (χ1n) is 19.4. The number of allylic oxidation sites excluding steroid dienone is 3. The topological polar surface area (TPSA) is 154 Å². The van der Waals surface area contributed by atoms with Gasteiger partial charge in [0.1, 0.15) is 0 Å². The lowest BCUT2D eigenvalue weighted by Crippen LogP contribution is -2.44. The highest BCUT2D eigenvalue weighted by Crippen LogP contribution is 2.45. The lowest BCUT2D eigenvalue weighted by atomic mass is 9.85. The number of rotatable bonds is 22. The maximum Gasteiger partial charge on any atom is 0.303 e. The molecule has 0 amide bonds. The molecule has 290 valence electrons. The van der Waals surface area contributed by atoms with Crippen LogP contribution in [0.1, 0.15) is 140 Å². The first-order chi connectivity index (χ1) is 23.2. The van der Waals surface area contributed by atoms with E-state index in [2.05, 4.69) is 33.8 Å². The molecule has 0 saturated carbocycles. The van der Waals surface area contributed by atoms with Gasteiger partial charge in [-0.15, -0.1) is 0 Å². The summed E-state index contributed by atoms with van der Waals surface area (Å²) in [7, 11) is 0. The van der Waals surface area contributed by atoms with Gasteiger partial charge in [0.05, 0.1) is 47.5 Å². The number of hydrogen-bond donors (Lipinski definition) is 5. The molecule has 0 bridgehead atoms. The van der Waals surface area contributed by atoms with Crippen LogP contribution in [-0.4, -0.2) is 79.0 Å². The first kappa shape index (κ1) is 44.4. The van der Waals surface area contributed by atoms with E-state index < -0.39 is 35.5 Å². The van der Waals surface area contributed by atoms with E-state index in [0.717, 1.165) is 38.5 Å². The summed E-state index contributed by atoms with van der Waals surface area (Å²) in [5, 5.41) is 51.9. The van der Waals surface area contributed by atoms with Crippen LogP contribution < -0.4 is 0 Å². The van der Waals surface area contributed by atoms with Crippen LogP contribution in [0.3, 0.4) is 0 Å². The lowest BCUT2D eigenvalue weighted by Gasteiger charge is -2.35. The molecule has 9 heteroatoms. The zero-order valence-corrected chi connectivity index (χ0v) is 32.8. The van der Waals surface area contributed by atoms with Crippen LogP contribution in [0.15, 0.2) is 24.0 Å². The summed E-state index contributed by atoms with van der Waals surface area (Å²) in [6.07, 6.45) is 10.8. The number of hydrogen-bond acceptors (Lipinski definition) is 8. The van der Waals surface area contributed by atoms with Gasteiger partial charge in [0.15, 0.2) is 5.78 Å². The molecule has 0 aromatic heterocycles. The van der Waals surface area contributed by atoms with Crippen LogP contribution in [0.5, 0.6) is 0 Å². The van der Waals surface area contributed by atoms with Gasteiger partial charge in [-0.05, 0) is 103 Å². The van der Waals surface area contributed by atoms with Crippen LogP contribution in [-0.2, 0) is 19.1 Å². The van der Waals surface area contributed by atoms with Crippen molar-refractivity contribution in [3.8, 4) is 0 Å². The Balaban J connectivity index is 1.77. The number of carbonyl (C=O) groups excluding carboxylic acids is 1.